The van der Waals surface area contributed by atoms with Crippen molar-refractivity contribution >= 4 is 29.0 Å². The SMILES string of the molecule is CC1CCN(Cc2ccc(NC(=O)C3CCN(c4ccc(Cl)cn4)CC3)cc2)CC1. The number of aromatic nitrogens is 1. The van der Waals surface area contributed by atoms with Crippen LogP contribution in [0.25, 0.3) is 0 Å². The van der Waals surface area contributed by atoms with E-state index in [4.69, 9.17) is 11.6 Å². The summed E-state index contributed by atoms with van der Waals surface area (Å²) in [4.78, 5) is 21.8. The second-order valence-corrected chi connectivity index (χ2v) is 9.18. The number of rotatable bonds is 5. The number of likely N-dealkylation sites (tertiary alicyclic amines) is 1. The van der Waals surface area contributed by atoms with Gasteiger partial charge in [-0.05, 0) is 74.5 Å². The number of carbonyl (C=O) groups excluding carboxylic acids is 1. The number of hydrogen-bond donors (Lipinski definition) is 1. The molecule has 0 radical (unpaired) electrons. The maximum Gasteiger partial charge on any atom is 0.227 e. The number of carbonyl (C=O) groups is 1. The van der Waals surface area contributed by atoms with E-state index in [1.165, 1.54) is 31.5 Å². The molecule has 160 valence electrons. The van der Waals surface area contributed by atoms with Crippen molar-refractivity contribution in [3.05, 3.63) is 53.2 Å². The molecule has 2 aliphatic rings. The second-order valence-electron chi connectivity index (χ2n) is 8.74. The van der Waals surface area contributed by atoms with Crippen LogP contribution in [0.1, 0.15) is 38.2 Å². The van der Waals surface area contributed by atoms with E-state index in [0.717, 1.165) is 49.9 Å². The van der Waals surface area contributed by atoms with Crippen LogP contribution in [-0.4, -0.2) is 42.0 Å². The van der Waals surface area contributed by atoms with Crippen molar-refractivity contribution in [1.29, 1.82) is 0 Å². The van der Waals surface area contributed by atoms with E-state index >= 15 is 0 Å². The molecule has 2 fully saturated rings. The zero-order valence-corrected chi connectivity index (χ0v) is 18.4. The number of nitrogens with one attached hydrogen (secondary N) is 1. The van der Waals surface area contributed by atoms with Crippen LogP contribution >= 0.6 is 11.6 Å². The third-order valence-electron chi connectivity index (χ3n) is 6.41. The number of pyridine rings is 1. The van der Waals surface area contributed by atoms with Crippen LogP contribution in [0, 0.1) is 11.8 Å². The van der Waals surface area contributed by atoms with Crippen molar-refractivity contribution in [3.63, 3.8) is 0 Å². The molecule has 5 nitrogen and oxygen atoms in total. The minimum absolute atomic E-state index is 0.0450. The first-order valence-corrected chi connectivity index (χ1v) is 11.4. The quantitative estimate of drug-likeness (QED) is 0.744. The summed E-state index contributed by atoms with van der Waals surface area (Å²) in [6.07, 6.45) is 5.93. The Kier molecular flexibility index (Phi) is 6.90. The maximum atomic E-state index is 12.7. The standard InChI is InChI=1S/C24H31ClN4O/c1-18-8-12-28(13-9-18)17-19-2-5-22(6-3-19)27-24(30)20-10-14-29(15-11-20)23-7-4-21(25)16-26-23/h2-7,16,18,20H,8-15,17H2,1H3,(H,27,30). The summed E-state index contributed by atoms with van der Waals surface area (Å²) >= 11 is 5.92. The molecule has 0 spiro atoms. The molecule has 0 atom stereocenters. The molecule has 6 heteroatoms. The van der Waals surface area contributed by atoms with Crippen LogP contribution in [0.2, 0.25) is 5.02 Å². The van der Waals surface area contributed by atoms with Gasteiger partial charge in [-0.15, -0.1) is 0 Å². The van der Waals surface area contributed by atoms with Gasteiger partial charge in [-0.1, -0.05) is 30.7 Å². The Bertz CT molecular complexity index is 823. The molecule has 2 aliphatic heterocycles. The number of hydrogen-bond acceptors (Lipinski definition) is 4. The summed E-state index contributed by atoms with van der Waals surface area (Å²) in [6, 6.07) is 12.1. The van der Waals surface area contributed by atoms with Gasteiger partial charge in [-0.3, -0.25) is 9.69 Å². The van der Waals surface area contributed by atoms with Gasteiger partial charge < -0.3 is 10.2 Å². The van der Waals surface area contributed by atoms with Gasteiger partial charge in [0.25, 0.3) is 0 Å². The van der Waals surface area contributed by atoms with Gasteiger partial charge in [0.1, 0.15) is 5.82 Å². The van der Waals surface area contributed by atoms with E-state index in [9.17, 15) is 4.79 Å². The smallest absolute Gasteiger partial charge is 0.227 e. The Morgan fingerprint density at radius 1 is 1.03 bits per heavy atom. The highest BCUT2D eigenvalue weighted by Gasteiger charge is 2.25. The summed E-state index contributed by atoms with van der Waals surface area (Å²) in [5.74, 6) is 1.95. The number of halogens is 1. The molecule has 3 heterocycles. The van der Waals surface area contributed by atoms with Crippen LogP contribution in [0.3, 0.4) is 0 Å². The second kappa shape index (κ2) is 9.80. The highest BCUT2D eigenvalue weighted by molar-refractivity contribution is 6.30. The minimum atomic E-state index is 0.0450. The van der Waals surface area contributed by atoms with Crippen LogP contribution in [0.15, 0.2) is 42.6 Å². The summed E-state index contributed by atoms with van der Waals surface area (Å²) < 4.78 is 0. The monoisotopic (exact) mass is 426 g/mol. The number of piperidine rings is 2. The largest absolute Gasteiger partial charge is 0.357 e. The van der Waals surface area contributed by atoms with E-state index in [0.29, 0.717) is 5.02 Å². The van der Waals surface area contributed by atoms with E-state index < -0.39 is 0 Å². The number of amides is 1. The third-order valence-corrected chi connectivity index (χ3v) is 6.63. The highest BCUT2D eigenvalue weighted by atomic mass is 35.5. The van der Waals surface area contributed by atoms with Crippen molar-refractivity contribution in [2.75, 3.05) is 36.4 Å². The van der Waals surface area contributed by atoms with Crippen molar-refractivity contribution in [1.82, 2.24) is 9.88 Å². The fourth-order valence-corrected chi connectivity index (χ4v) is 4.45. The zero-order chi connectivity index (χ0) is 20.9. The van der Waals surface area contributed by atoms with Gasteiger partial charge in [0.15, 0.2) is 0 Å². The molecule has 1 aromatic heterocycles. The van der Waals surface area contributed by atoms with Crippen molar-refractivity contribution in [2.45, 2.75) is 39.2 Å². The predicted octanol–water partition coefficient (Wildman–Crippen LogP) is 4.82. The summed E-state index contributed by atoms with van der Waals surface area (Å²) in [7, 11) is 0. The lowest BCUT2D eigenvalue weighted by atomic mass is 9.95. The highest BCUT2D eigenvalue weighted by Crippen LogP contribution is 2.24. The van der Waals surface area contributed by atoms with E-state index in [1.54, 1.807) is 6.20 Å². The van der Waals surface area contributed by atoms with Crippen LogP contribution < -0.4 is 10.2 Å². The predicted molar refractivity (Wildman–Crippen MR) is 123 cm³/mol. The van der Waals surface area contributed by atoms with E-state index in [2.05, 4.69) is 39.2 Å². The lowest BCUT2D eigenvalue weighted by molar-refractivity contribution is -0.120. The molecule has 0 unspecified atom stereocenters. The topological polar surface area (TPSA) is 48.5 Å². The van der Waals surface area contributed by atoms with Crippen molar-refractivity contribution in [3.8, 4) is 0 Å². The van der Waals surface area contributed by atoms with E-state index in [-0.39, 0.29) is 11.8 Å². The van der Waals surface area contributed by atoms with Gasteiger partial charge in [-0.25, -0.2) is 4.98 Å². The Morgan fingerprint density at radius 3 is 2.37 bits per heavy atom. The number of nitrogens with zero attached hydrogens (tertiary/aromatic N) is 3. The average Bonchev–Trinajstić information content (AvgIpc) is 2.77. The van der Waals surface area contributed by atoms with Gasteiger partial charge in [0.05, 0.1) is 5.02 Å². The lowest BCUT2D eigenvalue weighted by Gasteiger charge is -2.32. The van der Waals surface area contributed by atoms with Gasteiger partial charge in [0, 0.05) is 37.4 Å². The van der Waals surface area contributed by atoms with Crippen molar-refractivity contribution in [2.24, 2.45) is 11.8 Å². The van der Waals surface area contributed by atoms with Crippen LogP contribution in [0.4, 0.5) is 11.5 Å². The Balaban J connectivity index is 1.24. The maximum absolute atomic E-state index is 12.7. The average molecular weight is 427 g/mol. The fraction of sp³-hybridized carbons (Fsp3) is 0.500. The molecule has 0 aliphatic carbocycles. The Labute approximate surface area is 184 Å². The molecule has 4 rings (SSSR count). The molecule has 2 aromatic rings. The van der Waals surface area contributed by atoms with Crippen molar-refractivity contribution < 1.29 is 4.79 Å². The Hall–Kier alpha value is -2.11. The molecule has 30 heavy (non-hydrogen) atoms. The minimum Gasteiger partial charge on any atom is -0.357 e. The summed E-state index contributed by atoms with van der Waals surface area (Å²) in [6.45, 7) is 7.37. The van der Waals surface area contributed by atoms with E-state index in [1.807, 2.05) is 24.3 Å². The molecule has 1 amide bonds. The van der Waals surface area contributed by atoms with Gasteiger partial charge >= 0.3 is 0 Å². The molecule has 2 saturated heterocycles. The first kappa shape index (κ1) is 21.1. The summed E-state index contributed by atoms with van der Waals surface area (Å²) in [5, 5.41) is 3.75. The number of anilines is 2. The first-order chi connectivity index (χ1) is 14.6. The molecule has 0 saturated carbocycles. The molecular formula is C24H31ClN4O. The van der Waals surface area contributed by atoms with Crippen LogP contribution in [-0.2, 0) is 11.3 Å². The fourth-order valence-electron chi connectivity index (χ4n) is 4.34. The zero-order valence-electron chi connectivity index (χ0n) is 17.7. The molecule has 1 N–H and O–H groups in total. The van der Waals surface area contributed by atoms with Gasteiger partial charge in [-0.2, -0.15) is 0 Å². The van der Waals surface area contributed by atoms with Crippen LogP contribution in [0.5, 0.6) is 0 Å². The molecule has 0 bridgehead atoms. The first-order valence-electron chi connectivity index (χ1n) is 11.1. The van der Waals surface area contributed by atoms with Gasteiger partial charge in [0.2, 0.25) is 5.91 Å². The lowest BCUT2D eigenvalue weighted by Crippen LogP contribution is -2.38. The normalized spacial score (nSPS) is 19.1. The number of benzene rings is 1. The molecular weight excluding hydrogens is 396 g/mol. The Morgan fingerprint density at radius 2 is 1.73 bits per heavy atom. The molecule has 1 aromatic carbocycles. The summed E-state index contributed by atoms with van der Waals surface area (Å²) in [5.41, 5.74) is 2.20. The third kappa shape index (κ3) is 5.52.